The molecule has 3 N–H and O–H groups in total. The molecule has 1 saturated heterocycles. The first kappa shape index (κ1) is 14.2. The zero-order valence-electron chi connectivity index (χ0n) is 12.4. The van der Waals surface area contributed by atoms with Crippen molar-refractivity contribution in [3.63, 3.8) is 0 Å². The van der Waals surface area contributed by atoms with E-state index < -0.39 is 0 Å². The number of nitrogens with two attached hydrogens (primary N) is 1. The number of fused-ring (bicyclic) bond motifs is 1. The molecule has 1 aromatic carbocycles. The first-order valence-electron chi connectivity index (χ1n) is 7.63. The van der Waals surface area contributed by atoms with E-state index in [0.29, 0.717) is 11.8 Å². The molecule has 1 aliphatic carbocycles. The molecule has 2 aliphatic rings. The number of carbonyl (C=O) groups is 1. The normalized spacial score (nSPS) is 28.1. The van der Waals surface area contributed by atoms with E-state index in [4.69, 9.17) is 10.5 Å². The summed E-state index contributed by atoms with van der Waals surface area (Å²) in [4.78, 5) is 14.3. The van der Waals surface area contributed by atoms with Crippen molar-refractivity contribution in [3.05, 3.63) is 24.3 Å². The van der Waals surface area contributed by atoms with Gasteiger partial charge in [-0.2, -0.15) is 0 Å². The number of anilines is 1. The molecule has 3 atom stereocenters. The molecule has 5 nitrogen and oxygen atoms in total. The summed E-state index contributed by atoms with van der Waals surface area (Å²) in [6.07, 6.45) is 3.48. The second-order valence-corrected chi connectivity index (χ2v) is 6.08. The summed E-state index contributed by atoms with van der Waals surface area (Å²) in [5.41, 5.74) is 6.99. The van der Waals surface area contributed by atoms with Gasteiger partial charge < -0.3 is 20.7 Å². The number of nitrogens with one attached hydrogen (secondary N) is 1. The molecule has 1 aliphatic heterocycles. The van der Waals surface area contributed by atoms with Crippen molar-refractivity contribution >= 4 is 11.7 Å². The molecule has 2 fully saturated rings. The number of amides is 2. The number of rotatable bonds is 2. The number of benzene rings is 1. The van der Waals surface area contributed by atoms with E-state index in [2.05, 4.69) is 5.32 Å². The molecule has 114 valence electrons. The Bertz CT molecular complexity index is 503. The van der Waals surface area contributed by atoms with Crippen LogP contribution in [0.25, 0.3) is 0 Å². The fourth-order valence-electron chi connectivity index (χ4n) is 3.56. The number of nitrogens with zero attached hydrogens (tertiary/aromatic N) is 1. The predicted molar refractivity (Wildman–Crippen MR) is 82.4 cm³/mol. The molecule has 5 heteroatoms. The van der Waals surface area contributed by atoms with Crippen molar-refractivity contribution in [3.8, 4) is 5.75 Å². The molecule has 1 aromatic rings. The number of carbonyl (C=O) groups excluding carboxylic acids is 1. The van der Waals surface area contributed by atoms with Crippen LogP contribution in [0.15, 0.2) is 24.3 Å². The summed E-state index contributed by atoms with van der Waals surface area (Å²) in [7, 11) is 1.63. The van der Waals surface area contributed by atoms with Crippen LogP contribution < -0.4 is 15.8 Å². The SMILES string of the molecule is COc1ccc(NC(=O)N2CC3CCCC(N)C3C2)cc1. The van der Waals surface area contributed by atoms with Crippen molar-refractivity contribution in [2.24, 2.45) is 17.6 Å². The zero-order valence-corrected chi connectivity index (χ0v) is 12.4. The maximum Gasteiger partial charge on any atom is 0.321 e. The molecule has 1 heterocycles. The van der Waals surface area contributed by atoms with Crippen LogP contribution in [0.4, 0.5) is 10.5 Å². The van der Waals surface area contributed by atoms with Crippen LogP contribution in [0, 0.1) is 11.8 Å². The van der Waals surface area contributed by atoms with E-state index in [1.807, 2.05) is 29.2 Å². The summed E-state index contributed by atoms with van der Waals surface area (Å²) in [5, 5.41) is 2.95. The quantitative estimate of drug-likeness (QED) is 0.877. The minimum atomic E-state index is -0.0261. The van der Waals surface area contributed by atoms with Gasteiger partial charge in [-0.25, -0.2) is 4.79 Å². The Morgan fingerprint density at radius 1 is 1.29 bits per heavy atom. The lowest BCUT2D eigenvalue weighted by Crippen LogP contribution is -2.39. The second kappa shape index (κ2) is 5.93. The summed E-state index contributed by atoms with van der Waals surface area (Å²) in [6.45, 7) is 1.62. The lowest BCUT2D eigenvalue weighted by atomic mass is 9.78. The number of ether oxygens (including phenoxy) is 1. The third-order valence-electron chi connectivity index (χ3n) is 4.78. The van der Waals surface area contributed by atoms with Crippen LogP contribution in [0.3, 0.4) is 0 Å². The Labute approximate surface area is 125 Å². The van der Waals surface area contributed by atoms with Crippen molar-refractivity contribution in [1.82, 2.24) is 4.90 Å². The average Bonchev–Trinajstić information content (AvgIpc) is 2.94. The van der Waals surface area contributed by atoms with Crippen molar-refractivity contribution in [2.45, 2.75) is 25.3 Å². The Kier molecular flexibility index (Phi) is 4.01. The van der Waals surface area contributed by atoms with Crippen molar-refractivity contribution in [2.75, 3.05) is 25.5 Å². The monoisotopic (exact) mass is 289 g/mol. The first-order valence-corrected chi connectivity index (χ1v) is 7.63. The van der Waals surface area contributed by atoms with Crippen molar-refractivity contribution in [1.29, 1.82) is 0 Å². The summed E-state index contributed by atoms with van der Waals surface area (Å²) in [5.74, 6) is 1.84. The topological polar surface area (TPSA) is 67.6 Å². The van der Waals surface area contributed by atoms with Gasteiger partial charge in [0.25, 0.3) is 0 Å². The van der Waals surface area contributed by atoms with Crippen LogP contribution in [0.5, 0.6) is 5.75 Å². The predicted octanol–water partition coefficient (Wildman–Crippen LogP) is 2.29. The maximum atomic E-state index is 12.4. The molecule has 3 unspecified atom stereocenters. The number of likely N-dealkylation sites (tertiary alicyclic amines) is 1. The highest BCUT2D eigenvalue weighted by Gasteiger charge is 2.40. The van der Waals surface area contributed by atoms with E-state index in [-0.39, 0.29) is 12.1 Å². The van der Waals surface area contributed by atoms with Gasteiger partial charge in [-0.3, -0.25) is 0 Å². The average molecular weight is 289 g/mol. The van der Waals surface area contributed by atoms with Gasteiger partial charge in [0.1, 0.15) is 5.75 Å². The van der Waals surface area contributed by atoms with Gasteiger partial charge >= 0.3 is 6.03 Å². The Hall–Kier alpha value is -1.75. The Balaban J connectivity index is 1.60. The number of methoxy groups -OCH3 is 1. The first-order chi connectivity index (χ1) is 10.2. The van der Waals surface area contributed by atoms with Crippen molar-refractivity contribution < 1.29 is 9.53 Å². The molecule has 2 amide bonds. The molecule has 3 rings (SSSR count). The zero-order chi connectivity index (χ0) is 14.8. The van der Waals surface area contributed by atoms with Crippen LogP contribution in [-0.2, 0) is 0 Å². The third kappa shape index (κ3) is 2.97. The van der Waals surface area contributed by atoms with Crippen LogP contribution in [0.1, 0.15) is 19.3 Å². The molecule has 21 heavy (non-hydrogen) atoms. The number of hydrogen-bond donors (Lipinski definition) is 2. The van der Waals surface area contributed by atoms with E-state index in [1.165, 1.54) is 12.8 Å². The van der Waals surface area contributed by atoms with Crippen LogP contribution in [-0.4, -0.2) is 37.2 Å². The molecule has 0 radical (unpaired) electrons. The molecule has 0 spiro atoms. The largest absolute Gasteiger partial charge is 0.497 e. The molecule has 1 saturated carbocycles. The summed E-state index contributed by atoms with van der Waals surface area (Å²) < 4.78 is 5.11. The van der Waals surface area contributed by atoms with Gasteiger partial charge in [0, 0.05) is 24.8 Å². The second-order valence-electron chi connectivity index (χ2n) is 6.08. The molecular formula is C16H23N3O2. The minimum Gasteiger partial charge on any atom is -0.497 e. The van der Waals surface area contributed by atoms with E-state index in [0.717, 1.165) is 30.9 Å². The van der Waals surface area contributed by atoms with Crippen LogP contribution >= 0.6 is 0 Å². The Morgan fingerprint density at radius 3 is 2.71 bits per heavy atom. The fourth-order valence-corrected chi connectivity index (χ4v) is 3.56. The van der Waals surface area contributed by atoms with Gasteiger partial charge in [-0.1, -0.05) is 6.42 Å². The van der Waals surface area contributed by atoms with E-state index in [1.54, 1.807) is 7.11 Å². The standard InChI is InChI=1S/C16H23N3O2/c1-21-13-7-5-12(6-8-13)18-16(20)19-9-11-3-2-4-15(17)14(11)10-19/h5-8,11,14-15H,2-4,9-10,17H2,1H3,(H,18,20). The Morgan fingerprint density at radius 2 is 2.05 bits per heavy atom. The molecule has 0 bridgehead atoms. The number of hydrogen-bond acceptors (Lipinski definition) is 3. The van der Waals surface area contributed by atoms with Gasteiger partial charge in [0.05, 0.1) is 7.11 Å². The lowest BCUT2D eigenvalue weighted by Gasteiger charge is -2.29. The minimum absolute atomic E-state index is 0.0261. The van der Waals surface area contributed by atoms with Gasteiger partial charge in [0.2, 0.25) is 0 Å². The highest BCUT2D eigenvalue weighted by atomic mass is 16.5. The molecular weight excluding hydrogens is 266 g/mol. The van der Waals surface area contributed by atoms with E-state index in [9.17, 15) is 4.79 Å². The fraction of sp³-hybridized carbons (Fsp3) is 0.562. The van der Waals surface area contributed by atoms with Gasteiger partial charge in [0.15, 0.2) is 0 Å². The summed E-state index contributed by atoms with van der Waals surface area (Å²) in [6, 6.07) is 7.62. The van der Waals surface area contributed by atoms with Gasteiger partial charge in [-0.15, -0.1) is 0 Å². The summed E-state index contributed by atoms with van der Waals surface area (Å²) >= 11 is 0. The lowest BCUT2D eigenvalue weighted by molar-refractivity contribution is 0.219. The smallest absolute Gasteiger partial charge is 0.321 e. The van der Waals surface area contributed by atoms with Crippen LogP contribution in [0.2, 0.25) is 0 Å². The number of urea groups is 1. The highest BCUT2D eigenvalue weighted by molar-refractivity contribution is 5.89. The van der Waals surface area contributed by atoms with Gasteiger partial charge in [-0.05, 0) is 48.9 Å². The third-order valence-corrected chi connectivity index (χ3v) is 4.78. The van der Waals surface area contributed by atoms with E-state index >= 15 is 0 Å². The highest BCUT2D eigenvalue weighted by Crippen LogP contribution is 2.35. The molecule has 0 aromatic heterocycles. The maximum absolute atomic E-state index is 12.4.